The molecule has 0 saturated heterocycles. The summed E-state index contributed by atoms with van der Waals surface area (Å²) in [6.45, 7) is 13.1. The number of phenolic OH excluding ortho intramolecular Hbond substituents is 1. The van der Waals surface area contributed by atoms with Crippen molar-refractivity contribution in [1.82, 2.24) is 5.32 Å². The van der Waals surface area contributed by atoms with Crippen LogP contribution >= 0.6 is 0 Å². The van der Waals surface area contributed by atoms with Crippen LogP contribution in [0.1, 0.15) is 75.5 Å². The minimum absolute atomic E-state index is 0.0158. The molecule has 0 saturated carbocycles. The van der Waals surface area contributed by atoms with Gasteiger partial charge in [-0.2, -0.15) is 0 Å². The monoisotopic (exact) mass is 901 g/mol. The molecule has 1 aromatic rings. The zero-order valence-corrected chi connectivity index (χ0v) is 38.4. The normalized spacial score (nSPS) is 28.9. The molecular weight excluding hydrogens is 838 g/mol. The number of hydrogen-bond acceptors (Lipinski definition) is 18. The van der Waals surface area contributed by atoms with Crippen LogP contribution in [0, 0.1) is 30.6 Å². The highest BCUT2D eigenvalue weighted by Gasteiger charge is 2.50. The first-order chi connectivity index (χ1) is 30.4. The van der Waals surface area contributed by atoms with Crippen molar-refractivity contribution in [2.24, 2.45) is 34.0 Å². The number of oxime groups is 2. The summed E-state index contributed by atoms with van der Waals surface area (Å²) in [5, 5.41) is 46.1. The maximum Gasteiger partial charge on any atom is 0.302 e. The topological polar surface area (TPSA) is 241 Å². The Kier molecular flexibility index (Phi) is 19.1. The Balaban J connectivity index is 1.96. The Hall–Kier alpha value is -5.15. The molecule has 64 heavy (non-hydrogen) atoms. The minimum atomic E-state index is -1.83. The molecule has 3 heterocycles. The summed E-state index contributed by atoms with van der Waals surface area (Å²) >= 11 is 0. The van der Waals surface area contributed by atoms with Crippen molar-refractivity contribution in [2.45, 2.75) is 85.6 Å². The number of fused-ring (bicyclic) bond motifs is 14. The highest BCUT2D eigenvalue weighted by Crippen LogP contribution is 2.48. The van der Waals surface area contributed by atoms with Crippen molar-refractivity contribution in [1.29, 1.82) is 0 Å². The van der Waals surface area contributed by atoms with Crippen LogP contribution in [0.25, 0.3) is 0 Å². The summed E-state index contributed by atoms with van der Waals surface area (Å²) in [5.74, 6) is -6.74. The van der Waals surface area contributed by atoms with E-state index < -0.39 is 77.3 Å². The van der Waals surface area contributed by atoms with Gasteiger partial charge in [0.1, 0.15) is 23.3 Å². The highest BCUT2D eigenvalue weighted by molar-refractivity contribution is 6.32. The van der Waals surface area contributed by atoms with E-state index in [0.717, 1.165) is 0 Å². The molecule has 1 amide bonds. The van der Waals surface area contributed by atoms with Gasteiger partial charge >= 0.3 is 5.97 Å². The zero-order valence-electron chi connectivity index (χ0n) is 38.4. The minimum Gasteiger partial charge on any atom is -0.507 e. The van der Waals surface area contributed by atoms with E-state index in [2.05, 4.69) is 15.6 Å². The van der Waals surface area contributed by atoms with E-state index >= 15 is 0 Å². The Bertz CT molecular complexity index is 2010. The Morgan fingerprint density at radius 2 is 1.50 bits per heavy atom. The lowest BCUT2D eigenvalue weighted by Crippen LogP contribution is -2.46. The summed E-state index contributed by atoms with van der Waals surface area (Å²) in [5.41, 5.74) is -0.0749. The van der Waals surface area contributed by atoms with Crippen LogP contribution in [0.2, 0.25) is 0 Å². The number of ether oxygens (including phenoxy) is 8. The average molecular weight is 902 g/mol. The van der Waals surface area contributed by atoms with Gasteiger partial charge in [-0.25, -0.2) is 0 Å². The molecule has 0 fully saturated rings. The number of esters is 1. The first kappa shape index (κ1) is 51.5. The SMILES string of the molecule is COCCOCON=C1C=C2NC(=O)C(C)=CC=C[C@H](C)[C@H](O)[C@@H](C)[C@@H](O)[C@@H](C)[C@H](OC(C)=O)[C@H](C)[C@@H](OC)C=CO[C@@]3(C)Oc4c(C)c(O)c(c1c4C3=NOCOCCOC)C2=O. The van der Waals surface area contributed by atoms with Crippen LogP contribution in [0.3, 0.4) is 0 Å². The molecular formula is C45H63N3O16. The number of phenols is 1. The number of ketones is 1. The second-order valence-corrected chi connectivity index (χ2v) is 15.9. The summed E-state index contributed by atoms with van der Waals surface area (Å²) < 4.78 is 45.5. The number of amides is 1. The van der Waals surface area contributed by atoms with E-state index in [0.29, 0.717) is 0 Å². The molecule has 19 heteroatoms. The fourth-order valence-corrected chi connectivity index (χ4v) is 7.51. The quantitative estimate of drug-likeness (QED) is 0.0895. The van der Waals surface area contributed by atoms with Crippen LogP contribution in [0.5, 0.6) is 11.5 Å². The van der Waals surface area contributed by atoms with Gasteiger partial charge in [0.2, 0.25) is 19.4 Å². The number of methoxy groups -OCH3 is 3. The maximum absolute atomic E-state index is 14.4. The lowest BCUT2D eigenvalue weighted by molar-refractivity contribution is -0.160. The number of Topliss-reactive ketones (excluding diaryl/α,β-unsaturated/α-hetero) is 1. The molecule has 0 unspecified atom stereocenters. The number of carbonyl (C=O) groups is 3. The van der Waals surface area contributed by atoms with Crippen LogP contribution in [0.4, 0.5) is 0 Å². The summed E-state index contributed by atoms with van der Waals surface area (Å²) in [6, 6.07) is 0. The first-order valence-corrected chi connectivity index (χ1v) is 20.9. The molecule has 0 radical (unpaired) electrons. The van der Waals surface area contributed by atoms with Gasteiger partial charge in [-0.1, -0.05) is 56.2 Å². The molecule has 0 spiro atoms. The first-order valence-electron chi connectivity index (χ1n) is 20.9. The fourth-order valence-electron chi connectivity index (χ4n) is 7.51. The van der Waals surface area contributed by atoms with Crippen molar-refractivity contribution >= 4 is 29.1 Å². The standard InChI is InChI=1S/C45H63N3O16/c1-24-13-12-14-25(2)44(54)46-32-21-31(47-61-22-58-19-17-55-9)34-35(40(32)53)39(52)29(6)42-36(34)43(48-62-23-59-20-18-56-10)45(8,64-42)60-16-15-33(57-11)26(3)41(63-30(7)49)28(5)38(51)27(4)37(24)50/h12-16,21,24,26-28,33,37-38,41,50-52H,17-20,22-23H2,1-11H3,(H,46,54)/t24-,26+,27+,28+,33-,37-,38+,41+,45-/m0/s1. The molecule has 4 aliphatic rings. The number of aromatic hydroxyl groups is 1. The van der Waals surface area contributed by atoms with Crippen molar-refractivity contribution < 1.29 is 77.3 Å². The molecule has 5 bridgehead atoms. The molecule has 354 valence electrons. The van der Waals surface area contributed by atoms with Gasteiger partial charge < -0.3 is 68.2 Å². The number of hydrogen-bond donors (Lipinski definition) is 4. The Labute approximate surface area is 373 Å². The Morgan fingerprint density at radius 3 is 2.11 bits per heavy atom. The number of carbonyl (C=O) groups excluding carboxylic acids is 3. The molecule has 4 N–H and O–H groups in total. The Morgan fingerprint density at radius 1 is 0.859 bits per heavy atom. The summed E-state index contributed by atoms with van der Waals surface area (Å²) in [4.78, 5) is 51.7. The predicted octanol–water partition coefficient (Wildman–Crippen LogP) is 3.95. The van der Waals surface area contributed by atoms with Crippen LogP contribution in [0.15, 0.2) is 58.2 Å². The van der Waals surface area contributed by atoms with E-state index in [-0.39, 0.29) is 90.7 Å². The van der Waals surface area contributed by atoms with Crippen molar-refractivity contribution in [2.75, 3.05) is 61.3 Å². The van der Waals surface area contributed by atoms with E-state index in [1.54, 1.807) is 45.9 Å². The third-order valence-corrected chi connectivity index (χ3v) is 11.3. The largest absolute Gasteiger partial charge is 0.507 e. The van der Waals surface area contributed by atoms with Gasteiger partial charge in [0, 0.05) is 75.5 Å². The molecule has 3 aliphatic heterocycles. The molecule has 9 atom stereocenters. The molecule has 19 nitrogen and oxygen atoms in total. The highest BCUT2D eigenvalue weighted by atomic mass is 16.8. The van der Waals surface area contributed by atoms with Gasteiger partial charge in [-0.15, -0.1) is 0 Å². The molecule has 1 aliphatic carbocycles. The third-order valence-electron chi connectivity index (χ3n) is 11.3. The number of nitrogens with zero attached hydrogens (tertiary/aromatic N) is 2. The van der Waals surface area contributed by atoms with Crippen LogP contribution < -0.4 is 10.1 Å². The lowest BCUT2D eigenvalue weighted by atomic mass is 9.78. The molecule has 5 rings (SSSR count). The molecule has 1 aromatic carbocycles. The summed E-state index contributed by atoms with van der Waals surface area (Å²) in [7, 11) is 4.50. The number of benzene rings is 1. The van der Waals surface area contributed by atoms with E-state index in [4.69, 9.17) is 47.6 Å². The maximum atomic E-state index is 14.4. The van der Waals surface area contributed by atoms with Crippen molar-refractivity contribution in [3.05, 3.63) is 70.2 Å². The third kappa shape index (κ3) is 12.1. The van der Waals surface area contributed by atoms with Gasteiger partial charge in [0.05, 0.1) is 67.8 Å². The second kappa shape index (κ2) is 23.7. The van der Waals surface area contributed by atoms with Gasteiger partial charge in [-0.3, -0.25) is 14.4 Å². The summed E-state index contributed by atoms with van der Waals surface area (Å²) in [6.07, 6.45) is 5.04. The van der Waals surface area contributed by atoms with E-state index in [1.807, 2.05) is 0 Å². The average Bonchev–Trinajstić information content (AvgIpc) is 3.56. The second-order valence-electron chi connectivity index (χ2n) is 15.9. The fraction of sp³-hybridized carbons (Fsp3) is 0.578. The van der Waals surface area contributed by atoms with Gasteiger partial charge in [0.25, 0.3) is 11.7 Å². The zero-order chi connectivity index (χ0) is 47.3. The number of allylic oxidation sites excluding steroid dienone is 4. The van der Waals surface area contributed by atoms with Crippen LogP contribution in [-0.2, 0) is 52.4 Å². The molecule has 0 aromatic heterocycles. The van der Waals surface area contributed by atoms with Crippen LogP contribution in [-0.4, -0.2) is 136 Å². The predicted molar refractivity (Wildman–Crippen MR) is 231 cm³/mol. The number of nitrogens with one attached hydrogen (secondary N) is 1. The smallest absolute Gasteiger partial charge is 0.302 e. The number of aliphatic hydroxyl groups is 2. The van der Waals surface area contributed by atoms with Gasteiger partial charge in [-0.05, 0) is 26.0 Å². The van der Waals surface area contributed by atoms with Gasteiger partial charge in [0.15, 0.2) is 5.71 Å². The van der Waals surface area contributed by atoms with E-state index in [9.17, 15) is 29.7 Å². The number of rotatable bonds is 14. The van der Waals surface area contributed by atoms with E-state index in [1.165, 1.54) is 67.4 Å². The lowest BCUT2D eigenvalue weighted by Gasteiger charge is -2.38. The van der Waals surface area contributed by atoms with Crippen molar-refractivity contribution in [3.8, 4) is 11.5 Å². The van der Waals surface area contributed by atoms with Crippen molar-refractivity contribution in [3.63, 3.8) is 0 Å². The number of aliphatic hydroxyl groups excluding tert-OH is 2.